The maximum absolute atomic E-state index is 12.0. The topological polar surface area (TPSA) is 91.0 Å². The highest BCUT2D eigenvalue weighted by Crippen LogP contribution is 2.22. The SMILES string of the molecule is CCCOc1ccc(/C=C2\N=C(c3cccc([N+](=O)[O-])c3)OC2=O)cc1. The molecule has 3 rings (SSSR count). The van der Waals surface area contributed by atoms with Crippen LogP contribution in [0.15, 0.2) is 59.2 Å². The highest BCUT2D eigenvalue weighted by atomic mass is 16.6. The maximum atomic E-state index is 12.0. The molecule has 0 aromatic heterocycles. The van der Waals surface area contributed by atoms with Crippen LogP contribution in [0.25, 0.3) is 6.08 Å². The summed E-state index contributed by atoms with van der Waals surface area (Å²) in [7, 11) is 0. The highest BCUT2D eigenvalue weighted by Gasteiger charge is 2.25. The average molecular weight is 352 g/mol. The van der Waals surface area contributed by atoms with Gasteiger partial charge in [0.05, 0.1) is 11.5 Å². The molecule has 0 amide bonds. The number of rotatable bonds is 6. The number of hydrogen-bond acceptors (Lipinski definition) is 6. The highest BCUT2D eigenvalue weighted by molar-refractivity contribution is 6.13. The summed E-state index contributed by atoms with van der Waals surface area (Å²) in [6.45, 7) is 2.67. The number of aliphatic imine (C=N–C) groups is 1. The Kier molecular flexibility index (Phi) is 5.07. The number of carbonyl (C=O) groups excluding carboxylic acids is 1. The summed E-state index contributed by atoms with van der Waals surface area (Å²) >= 11 is 0. The van der Waals surface area contributed by atoms with Crippen LogP contribution in [-0.2, 0) is 9.53 Å². The predicted octanol–water partition coefficient (Wildman–Crippen LogP) is 3.73. The number of nitro groups is 1. The standard InChI is InChI=1S/C19H16N2O5/c1-2-10-25-16-8-6-13(7-9-16)11-17-19(22)26-18(20-17)14-4-3-5-15(12-14)21(23)24/h3-9,11-12H,2,10H2,1H3/b17-11-. The Labute approximate surface area is 149 Å². The van der Waals surface area contributed by atoms with Gasteiger partial charge in [0.1, 0.15) is 5.75 Å². The van der Waals surface area contributed by atoms with Crippen LogP contribution in [0.1, 0.15) is 24.5 Å². The van der Waals surface area contributed by atoms with Crippen LogP contribution in [0.2, 0.25) is 0 Å². The molecule has 1 aliphatic rings. The number of cyclic esters (lactones) is 1. The lowest BCUT2D eigenvalue weighted by molar-refractivity contribution is -0.384. The van der Waals surface area contributed by atoms with E-state index in [1.807, 2.05) is 31.2 Å². The number of hydrogen-bond donors (Lipinski definition) is 0. The second-order valence-electron chi connectivity index (χ2n) is 5.56. The van der Waals surface area contributed by atoms with Crippen molar-refractivity contribution in [2.45, 2.75) is 13.3 Å². The van der Waals surface area contributed by atoms with Gasteiger partial charge in [0.25, 0.3) is 5.69 Å². The molecule has 0 fully saturated rings. The molecule has 1 heterocycles. The molecule has 0 spiro atoms. The monoisotopic (exact) mass is 352 g/mol. The maximum Gasteiger partial charge on any atom is 0.363 e. The van der Waals surface area contributed by atoms with Crippen LogP contribution < -0.4 is 4.74 Å². The molecule has 7 nitrogen and oxygen atoms in total. The zero-order valence-electron chi connectivity index (χ0n) is 14.0. The van der Waals surface area contributed by atoms with E-state index in [2.05, 4.69) is 4.99 Å². The van der Waals surface area contributed by atoms with Gasteiger partial charge >= 0.3 is 5.97 Å². The molecule has 0 saturated heterocycles. The Balaban J connectivity index is 1.82. The first-order valence-electron chi connectivity index (χ1n) is 8.07. The lowest BCUT2D eigenvalue weighted by atomic mass is 10.2. The Morgan fingerprint density at radius 2 is 2.00 bits per heavy atom. The van der Waals surface area contributed by atoms with Crippen LogP contribution in [0.4, 0.5) is 5.69 Å². The minimum Gasteiger partial charge on any atom is -0.494 e. The molecule has 2 aromatic carbocycles. The number of non-ortho nitro benzene ring substituents is 1. The molecular weight excluding hydrogens is 336 g/mol. The summed E-state index contributed by atoms with van der Waals surface area (Å²) in [4.78, 5) is 26.5. The third kappa shape index (κ3) is 3.94. The van der Waals surface area contributed by atoms with Gasteiger partial charge in [-0.25, -0.2) is 9.79 Å². The van der Waals surface area contributed by atoms with E-state index in [1.165, 1.54) is 18.2 Å². The first-order valence-corrected chi connectivity index (χ1v) is 8.07. The zero-order valence-corrected chi connectivity index (χ0v) is 14.0. The number of esters is 1. The molecule has 7 heteroatoms. The fourth-order valence-electron chi connectivity index (χ4n) is 2.32. The fraction of sp³-hybridized carbons (Fsp3) is 0.158. The summed E-state index contributed by atoms with van der Waals surface area (Å²) in [5.74, 6) is 0.203. The molecule has 0 saturated carbocycles. The van der Waals surface area contributed by atoms with Crippen molar-refractivity contribution in [1.29, 1.82) is 0 Å². The van der Waals surface area contributed by atoms with Crippen molar-refractivity contribution in [3.8, 4) is 5.75 Å². The van der Waals surface area contributed by atoms with Crippen LogP contribution in [0, 0.1) is 10.1 Å². The van der Waals surface area contributed by atoms with E-state index in [4.69, 9.17) is 9.47 Å². The van der Waals surface area contributed by atoms with Gasteiger partial charge in [-0.15, -0.1) is 0 Å². The molecule has 0 bridgehead atoms. The fourth-order valence-corrected chi connectivity index (χ4v) is 2.32. The van der Waals surface area contributed by atoms with Crippen molar-refractivity contribution in [3.05, 3.63) is 75.5 Å². The molecule has 2 aromatic rings. The van der Waals surface area contributed by atoms with Crippen molar-refractivity contribution in [3.63, 3.8) is 0 Å². The van der Waals surface area contributed by atoms with Gasteiger partial charge in [-0.2, -0.15) is 0 Å². The molecule has 0 unspecified atom stereocenters. The van der Waals surface area contributed by atoms with Crippen LogP contribution in [0.5, 0.6) is 5.75 Å². The normalized spacial score (nSPS) is 14.9. The number of nitro benzene ring substituents is 1. The Morgan fingerprint density at radius 1 is 1.23 bits per heavy atom. The lowest BCUT2D eigenvalue weighted by Gasteiger charge is -2.04. The molecule has 132 valence electrons. The first kappa shape index (κ1) is 17.3. The Morgan fingerprint density at radius 3 is 2.69 bits per heavy atom. The number of carbonyl (C=O) groups is 1. The van der Waals surface area contributed by atoms with E-state index in [0.29, 0.717) is 12.2 Å². The predicted molar refractivity (Wildman–Crippen MR) is 95.9 cm³/mol. The van der Waals surface area contributed by atoms with Gasteiger partial charge < -0.3 is 9.47 Å². The number of nitrogens with zero attached hydrogens (tertiary/aromatic N) is 2. The van der Waals surface area contributed by atoms with Gasteiger partial charge in [0.15, 0.2) is 5.70 Å². The minimum atomic E-state index is -0.599. The first-order chi connectivity index (χ1) is 12.6. The second kappa shape index (κ2) is 7.60. The lowest BCUT2D eigenvalue weighted by Crippen LogP contribution is -2.05. The Bertz CT molecular complexity index is 900. The summed E-state index contributed by atoms with van der Waals surface area (Å²) in [5, 5.41) is 10.9. The minimum absolute atomic E-state index is 0.0489. The molecule has 26 heavy (non-hydrogen) atoms. The van der Waals surface area contributed by atoms with Gasteiger partial charge in [0.2, 0.25) is 5.90 Å². The van der Waals surface area contributed by atoms with Gasteiger partial charge in [0, 0.05) is 17.7 Å². The second-order valence-corrected chi connectivity index (χ2v) is 5.56. The van der Waals surface area contributed by atoms with Crippen LogP contribution >= 0.6 is 0 Å². The van der Waals surface area contributed by atoms with Gasteiger partial charge in [-0.3, -0.25) is 10.1 Å². The van der Waals surface area contributed by atoms with Crippen molar-refractivity contribution >= 4 is 23.6 Å². The van der Waals surface area contributed by atoms with E-state index in [1.54, 1.807) is 12.1 Å². The molecule has 0 N–H and O–H groups in total. The van der Waals surface area contributed by atoms with Crippen molar-refractivity contribution < 1.29 is 19.2 Å². The molecule has 0 radical (unpaired) electrons. The third-order valence-electron chi connectivity index (χ3n) is 3.58. The molecule has 0 aliphatic carbocycles. The van der Waals surface area contributed by atoms with Crippen molar-refractivity contribution in [2.75, 3.05) is 6.61 Å². The number of benzene rings is 2. The molecular formula is C19H16N2O5. The Hall–Kier alpha value is -3.48. The average Bonchev–Trinajstić information content (AvgIpc) is 3.02. The number of ether oxygens (including phenoxy) is 2. The van der Waals surface area contributed by atoms with E-state index in [0.717, 1.165) is 17.7 Å². The van der Waals surface area contributed by atoms with E-state index in [-0.39, 0.29) is 17.3 Å². The van der Waals surface area contributed by atoms with Gasteiger partial charge in [-0.05, 0) is 36.3 Å². The van der Waals surface area contributed by atoms with Crippen LogP contribution in [0.3, 0.4) is 0 Å². The smallest absolute Gasteiger partial charge is 0.363 e. The summed E-state index contributed by atoms with van der Waals surface area (Å²) < 4.78 is 10.7. The van der Waals surface area contributed by atoms with E-state index in [9.17, 15) is 14.9 Å². The van der Waals surface area contributed by atoms with Crippen molar-refractivity contribution in [2.24, 2.45) is 4.99 Å². The quantitative estimate of drug-likeness (QED) is 0.342. The summed E-state index contributed by atoms with van der Waals surface area (Å²) in [6, 6.07) is 13.0. The summed E-state index contributed by atoms with van der Waals surface area (Å²) in [6.07, 6.45) is 2.52. The van der Waals surface area contributed by atoms with E-state index < -0.39 is 10.9 Å². The third-order valence-corrected chi connectivity index (χ3v) is 3.58. The van der Waals surface area contributed by atoms with E-state index >= 15 is 0 Å². The summed E-state index contributed by atoms with van der Waals surface area (Å²) in [5.41, 5.74) is 1.18. The van der Waals surface area contributed by atoms with Crippen molar-refractivity contribution in [1.82, 2.24) is 0 Å². The molecule has 1 aliphatic heterocycles. The largest absolute Gasteiger partial charge is 0.494 e. The zero-order chi connectivity index (χ0) is 18.5. The molecule has 0 atom stereocenters. The van der Waals surface area contributed by atoms with Gasteiger partial charge in [-0.1, -0.05) is 25.1 Å². The van der Waals surface area contributed by atoms with Crippen LogP contribution in [-0.4, -0.2) is 23.4 Å².